The quantitative estimate of drug-likeness (QED) is 0.437. The Labute approximate surface area is 191 Å². The van der Waals surface area contributed by atoms with E-state index < -0.39 is 11.7 Å². The molecule has 1 fully saturated rings. The molecule has 1 aliphatic rings. The summed E-state index contributed by atoms with van der Waals surface area (Å²) < 4.78 is 1.30. The van der Waals surface area contributed by atoms with Crippen LogP contribution in [0.5, 0.6) is 0 Å². The van der Waals surface area contributed by atoms with Gasteiger partial charge in [0.2, 0.25) is 0 Å². The Kier molecular flexibility index (Phi) is 6.91. The van der Waals surface area contributed by atoms with Crippen molar-refractivity contribution in [1.29, 1.82) is 0 Å². The topological polar surface area (TPSA) is 121 Å². The molecule has 1 atom stereocenters. The lowest BCUT2D eigenvalue weighted by molar-refractivity contribution is -0.131. The van der Waals surface area contributed by atoms with Crippen LogP contribution < -0.4 is 11.2 Å². The fraction of sp³-hybridized carbons (Fsp3) is 0.440. The van der Waals surface area contributed by atoms with Crippen LogP contribution >= 0.6 is 0 Å². The number of hydrogen-bond donors (Lipinski definition) is 3. The van der Waals surface area contributed by atoms with Crippen LogP contribution in [0.2, 0.25) is 0 Å². The third-order valence-electron chi connectivity index (χ3n) is 6.58. The Balaban J connectivity index is 1.52. The minimum atomic E-state index is -1.01. The van der Waals surface area contributed by atoms with E-state index in [0.29, 0.717) is 5.82 Å². The number of H-pyrrole nitrogens is 2. The molecule has 0 aliphatic heterocycles. The molecule has 8 heteroatoms. The molecular formula is C25H30N4O4. The summed E-state index contributed by atoms with van der Waals surface area (Å²) >= 11 is 0. The van der Waals surface area contributed by atoms with Gasteiger partial charge < -0.3 is 10.1 Å². The van der Waals surface area contributed by atoms with Crippen LogP contribution in [-0.2, 0) is 4.79 Å². The van der Waals surface area contributed by atoms with Gasteiger partial charge in [-0.15, -0.1) is 0 Å². The number of benzene rings is 1. The maximum absolute atomic E-state index is 13.1. The van der Waals surface area contributed by atoms with Gasteiger partial charge in [-0.25, -0.2) is 14.6 Å². The monoisotopic (exact) mass is 450 g/mol. The second kappa shape index (κ2) is 10.0. The zero-order chi connectivity index (χ0) is 23.4. The largest absolute Gasteiger partial charge is 0.478 e. The van der Waals surface area contributed by atoms with Crippen molar-refractivity contribution in [1.82, 2.24) is 19.5 Å². The second-order valence-electron chi connectivity index (χ2n) is 8.99. The van der Waals surface area contributed by atoms with E-state index in [1.165, 1.54) is 42.7 Å². The van der Waals surface area contributed by atoms with E-state index in [1.54, 1.807) is 24.3 Å². The second-order valence-corrected chi connectivity index (χ2v) is 8.99. The highest BCUT2D eigenvalue weighted by Gasteiger charge is 2.18. The molecule has 0 bridgehead atoms. The summed E-state index contributed by atoms with van der Waals surface area (Å²) in [7, 11) is 0. The average Bonchev–Trinajstić information content (AvgIpc) is 3.23. The summed E-state index contributed by atoms with van der Waals surface area (Å²) in [5, 5.41) is 8.74. The average molecular weight is 451 g/mol. The van der Waals surface area contributed by atoms with Crippen LogP contribution in [-0.4, -0.2) is 30.6 Å². The van der Waals surface area contributed by atoms with Crippen LogP contribution in [0.1, 0.15) is 69.9 Å². The number of aromatic amines is 2. The van der Waals surface area contributed by atoms with Gasteiger partial charge in [0.15, 0.2) is 5.65 Å². The van der Waals surface area contributed by atoms with Crippen LogP contribution in [0.3, 0.4) is 0 Å². The fourth-order valence-electron chi connectivity index (χ4n) is 4.76. The third kappa shape index (κ3) is 5.32. The predicted octanol–water partition coefficient (Wildman–Crippen LogP) is 4.49. The molecule has 33 heavy (non-hydrogen) atoms. The van der Waals surface area contributed by atoms with E-state index in [4.69, 9.17) is 5.11 Å². The molecule has 2 heterocycles. The van der Waals surface area contributed by atoms with Crippen LogP contribution in [0.15, 0.2) is 39.9 Å². The normalized spacial score (nSPS) is 15.9. The van der Waals surface area contributed by atoms with Crippen molar-refractivity contribution in [2.75, 3.05) is 0 Å². The lowest BCUT2D eigenvalue weighted by Crippen LogP contribution is -2.37. The van der Waals surface area contributed by atoms with Crippen molar-refractivity contribution < 1.29 is 9.90 Å². The number of rotatable bonds is 8. The van der Waals surface area contributed by atoms with Crippen molar-refractivity contribution in [3.63, 3.8) is 0 Å². The van der Waals surface area contributed by atoms with Crippen molar-refractivity contribution in [2.24, 2.45) is 5.92 Å². The first-order valence-corrected chi connectivity index (χ1v) is 11.7. The molecule has 1 saturated carbocycles. The number of aliphatic carboxylic acids is 1. The number of aromatic nitrogens is 4. The van der Waals surface area contributed by atoms with Gasteiger partial charge in [0.1, 0.15) is 11.3 Å². The van der Waals surface area contributed by atoms with Crippen molar-refractivity contribution >= 4 is 23.2 Å². The summed E-state index contributed by atoms with van der Waals surface area (Å²) in [4.78, 5) is 46.6. The fourth-order valence-corrected chi connectivity index (χ4v) is 4.76. The van der Waals surface area contributed by atoms with Gasteiger partial charge in [0.25, 0.3) is 5.56 Å². The first-order chi connectivity index (χ1) is 15.9. The minimum Gasteiger partial charge on any atom is -0.478 e. The highest BCUT2D eigenvalue weighted by atomic mass is 16.4. The van der Waals surface area contributed by atoms with Crippen molar-refractivity contribution in [3.05, 3.63) is 56.7 Å². The van der Waals surface area contributed by atoms with E-state index in [-0.39, 0.29) is 22.8 Å². The molecule has 0 saturated heterocycles. The van der Waals surface area contributed by atoms with Gasteiger partial charge in [-0.3, -0.25) is 14.3 Å². The third-order valence-corrected chi connectivity index (χ3v) is 6.58. The van der Waals surface area contributed by atoms with Gasteiger partial charge in [0.05, 0.1) is 0 Å². The van der Waals surface area contributed by atoms with Gasteiger partial charge in [0, 0.05) is 17.7 Å². The summed E-state index contributed by atoms with van der Waals surface area (Å²) in [5.41, 5.74) is 1.17. The molecule has 3 N–H and O–H groups in total. The molecule has 0 radical (unpaired) electrons. The summed E-state index contributed by atoms with van der Waals surface area (Å²) in [5.74, 6) is 0.235. The smallest absolute Gasteiger partial charge is 0.330 e. The Morgan fingerprint density at radius 2 is 1.91 bits per heavy atom. The number of nitrogens with zero attached hydrogens (tertiary/aromatic N) is 2. The van der Waals surface area contributed by atoms with Crippen molar-refractivity contribution in [2.45, 2.75) is 64.3 Å². The van der Waals surface area contributed by atoms with Crippen molar-refractivity contribution in [3.8, 4) is 11.4 Å². The summed E-state index contributed by atoms with van der Waals surface area (Å²) in [6, 6.07) is 6.89. The first kappa shape index (κ1) is 22.8. The van der Waals surface area contributed by atoms with E-state index in [0.717, 1.165) is 42.4 Å². The molecule has 1 aromatic carbocycles. The van der Waals surface area contributed by atoms with E-state index in [1.807, 2.05) is 6.92 Å². The number of nitrogens with one attached hydrogen (secondary N) is 2. The molecule has 1 aliphatic carbocycles. The van der Waals surface area contributed by atoms with Gasteiger partial charge in [-0.2, -0.15) is 0 Å². The number of carboxylic acid groups (broad SMARTS) is 1. The van der Waals surface area contributed by atoms with Crippen LogP contribution in [0.25, 0.3) is 28.6 Å². The predicted molar refractivity (Wildman–Crippen MR) is 128 cm³/mol. The minimum absolute atomic E-state index is 0.193. The zero-order valence-corrected chi connectivity index (χ0v) is 18.8. The zero-order valence-electron chi connectivity index (χ0n) is 18.8. The Morgan fingerprint density at radius 3 is 2.61 bits per heavy atom. The standard InChI is InChI=1S/C25H30N4O4/c1-16(6-5-9-17-7-3-2-4-8-17)29-24(32)21-23(28-25(29)33)27-22(26-21)19-13-10-18(11-14-19)12-15-20(30)31/h10-17H,2-9H2,1H3,(H,26,27)(H,28,33)(H,30,31)/b15-12+. The van der Waals surface area contributed by atoms with E-state index >= 15 is 0 Å². The molecule has 3 aromatic rings. The number of carbonyl (C=O) groups is 1. The number of fused-ring (bicyclic) bond motifs is 1. The molecule has 0 amide bonds. The van der Waals surface area contributed by atoms with Crippen LogP contribution in [0, 0.1) is 5.92 Å². The van der Waals surface area contributed by atoms with Gasteiger partial charge in [-0.1, -0.05) is 69.2 Å². The number of hydrogen-bond acceptors (Lipinski definition) is 4. The maximum atomic E-state index is 13.1. The lowest BCUT2D eigenvalue weighted by atomic mass is 9.85. The van der Waals surface area contributed by atoms with Gasteiger partial charge in [-0.05, 0) is 30.9 Å². The lowest BCUT2D eigenvalue weighted by Gasteiger charge is -2.22. The molecule has 0 spiro atoms. The Bertz CT molecular complexity index is 1260. The Hall–Kier alpha value is -3.42. The Morgan fingerprint density at radius 1 is 1.18 bits per heavy atom. The molecule has 1 unspecified atom stereocenters. The SMILES string of the molecule is CC(CCCC1CCCCC1)n1c(=O)[nH]c2nc(-c3ccc(/C=C/C(=O)O)cc3)[nH]c2c1=O. The number of imidazole rings is 1. The van der Waals surface area contributed by atoms with E-state index in [9.17, 15) is 14.4 Å². The maximum Gasteiger partial charge on any atom is 0.330 e. The molecule has 8 nitrogen and oxygen atoms in total. The van der Waals surface area contributed by atoms with Crippen LogP contribution in [0.4, 0.5) is 0 Å². The first-order valence-electron chi connectivity index (χ1n) is 11.7. The molecular weight excluding hydrogens is 420 g/mol. The molecule has 2 aromatic heterocycles. The van der Waals surface area contributed by atoms with Gasteiger partial charge >= 0.3 is 11.7 Å². The van der Waals surface area contributed by atoms with E-state index in [2.05, 4.69) is 15.0 Å². The summed E-state index contributed by atoms with van der Waals surface area (Å²) in [6.45, 7) is 1.92. The highest BCUT2D eigenvalue weighted by molar-refractivity contribution is 5.85. The highest BCUT2D eigenvalue weighted by Crippen LogP contribution is 2.28. The molecule has 174 valence electrons. The summed E-state index contributed by atoms with van der Waals surface area (Å²) in [6.07, 6.45) is 12.1. The molecule has 4 rings (SSSR count). The number of carboxylic acids is 1.